The summed E-state index contributed by atoms with van der Waals surface area (Å²) in [4.78, 5) is 20.9. The average Bonchev–Trinajstić information content (AvgIpc) is 3.29. The molecule has 0 saturated carbocycles. The minimum absolute atomic E-state index is 0.0431. The summed E-state index contributed by atoms with van der Waals surface area (Å²) in [6.45, 7) is 5.31. The Hall–Kier alpha value is -2.26. The summed E-state index contributed by atoms with van der Waals surface area (Å²) >= 11 is 0. The van der Waals surface area contributed by atoms with Crippen LogP contribution in [0.25, 0.3) is 0 Å². The monoisotopic (exact) mass is 391 g/mol. The number of nitrogens with one attached hydrogen (secondary N) is 1. The number of rotatable bonds is 6. The molecule has 0 aliphatic carbocycles. The lowest BCUT2D eigenvalue weighted by molar-refractivity contribution is 0.0947. The lowest BCUT2D eigenvalue weighted by atomic mass is 9.98. The van der Waals surface area contributed by atoms with Crippen molar-refractivity contribution in [1.82, 2.24) is 24.2 Å². The van der Waals surface area contributed by atoms with Crippen LogP contribution in [0.4, 0.5) is 0 Å². The maximum atomic E-state index is 12.8. The molecule has 3 rings (SSSR count). The van der Waals surface area contributed by atoms with E-state index >= 15 is 0 Å². The first-order valence-electron chi connectivity index (χ1n) is 9.00. The van der Waals surface area contributed by atoms with E-state index < -0.39 is 10.0 Å². The third kappa shape index (κ3) is 4.19. The summed E-state index contributed by atoms with van der Waals surface area (Å²) in [5.41, 5.74) is 1.16. The lowest BCUT2D eigenvalue weighted by Gasteiger charge is -2.17. The topological polar surface area (TPSA) is 97.2 Å². The standard InChI is InChI=1S/C18H25N5O3S/c1-13(2)9-20-18(24)15-5-4-7-19-17(15)14-6-8-23(10-14)27(25,26)16-11-22(3)12-21-16/h4-5,7,11-14H,6,8-10H2,1-3H3,(H,20,24). The van der Waals surface area contributed by atoms with Gasteiger partial charge in [0.25, 0.3) is 15.9 Å². The highest BCUT2D eigenvalue weighted by Gasteiger charge is 2.36. The normalized spacial score (nSPS) is 18.1. The second-order valence-electron chi connectivity index (χ2n) is 7.27. The van der Waals surface area contributed by atoms with Crippen molar-refractivity contribution in [3.8, 4) is 0 Å². The zero-order valence-electron chi connectivity index (χ0n) is 15.8. The first-order valence-corrected chi connectivity index (χ1v) is 10.4. The van der Waals surface area contributed by atoms with Crippen LogP contribution in [0.3, 0.4) is 0 Å². The molecule has 1 unspecified atom stereocenters. The Bertz CT molecular complexity index is 923. The molecule has 1 saturated heterocycles. The maximum absolute atomic E-state index is 12.8. The minimum atomic E-state index is -3.64. The number of pyridine rings is 1. The van der Waals surface area contributed by atoms with E-state index in [-0.39, 0.29) is 16.9 Å². The number of nitrogens with zero attached hydrogens (tertiary/aromatic N) is 4. The van der Waals surface area contributed by atoms with Crippen molar-refractivity contribution in [2.45, 2.75) is 31.2 Å². The number of hydrogen-bond acceptors (Lipinski definition) is 5. The SMILES string of the molecule is CC(C)CNC(=O)c1cccnc1C1CCN(S(=O)(=O)c2cn(C)cn2)C1. The Morgan fingerprint density at radius 1 is 1.37 bits per heavy atom. The summed E-state index contributed by atoms with van der Waals surface area (Å²) in [6, 6.07) is 3.47. The highest BCUT2D eigenvalue weighted by molar-refractivity contribution is 7.89. The van der Waals surface area contributed by atoms with Crippen LogP contribution in [0, 0.1) is 5.92 Å². The molecule has 8 nitrogen and oxygen atoms in total. The Morgan fingerprint density at radius 2 is 2.15 bits per heavy atom. The van der Waals surface area contributed by atoms with Gasteiger partial charge in [0.05, 0.1) is 17.6 Å². The fourth-order valence-corrected chi connectivity index (χ4v) is 4.62. The Morgan fingerprint density at radius 3 is 2.81 bits per heavy atom. The molecular weight excluding hydrogens is 366 g/mol. The van der Waals surface area contributed by atoms with Gasteiger partial charge in [-0.05, 0) is 24.5 Å². The highest BCUT2D eigenvalue weighted by Crippen LogP contribution is 2.31. The van der Waals surface area contributed by atoms with E-state index in [4.69, 9.17) is 0 Å². The molecule has 146 valence electrons. The molecule has 27 heavy (non-hydrogen) atoms. The molecule has 0 aromatic carbocycles. The summed E-state index contributed by atoms with van der Waals surface area (Å²) in [7, 11) is -1.91. The van der Waals surface area contributed by atoms with Gasteiger partial charge >= 0.3 is 0 Å². The van der Waals surface area contributed by atoms with Gasteiger partial charge in [0, 0.05) is 45.0 Å². The third-order valence-electron chi connectivity index (χ3n) is 4.58. The fourth-order valence-electron chi connectivity index (χ4n) is 3.15. The highest BCUT2D eigenvalue weighted by atomic mass is 32.2. The molecule has 1 N–H and O–H groups in total. The van der Waals surface area contributed by atoms with Gasteiger partial charge in [-0.2, -0.15) is 4.31 Å². The molecule has 1 amide bonds. The van der Waals surface area contributed by atoms with E-state index in [1.54, 1.807) is 29.9 Å². The predicted molar refractivity (Wildman–Crippen MR) is 101 cm³/mol. The Labute approximate surface area is 159 Å². The van der Waals surface area contributed by atoms with Crippen LogP contribution >= 0.6 is 0 Å². The number of hydrogen-bond donors (Lipinski definition) is 1. The van der Waals surface area contributed by atoms with Crippen LogP contribution in [0.5, 0.6) is 0 Å². The van der Waals surface area contributed by atoms with Crippen molar-refractivity contribution in [1.29, 1.82) is 0 Å². The van der Waals surface area contributed by atoms with E-state index in [0.29, 0.717) is 43.2 Å². The Balaban J connectivity index is 1.78. The van der Waals surface area contributed by atoms with Gasteiger partial charge in [-0.1, -0.05) is 13.8 Å². The number of imidazole rings is 1. The maximum Gasteiger partial charge on any atom is 0.262 e. The van der Waals surface area contributed by atoms with E-state index in [0.717, 1.165) is 0 Å². The third-order valence-corrected chi connectivity index (χ3v) is 6.33. The van der Waals surface area contributed by atoms with Crippen molar-refractivity contribution < 1.29 is 13.2 Å². The Kier molecular flexibility index (Phi) is 5.61. The lowest BCUT2D eigenvalue weighted by Crippen LogP contribution is -2.30. The van der Waals surface area contributed by atoms with Crippen LogP contribution in [0.1, 0.15) is 42.2 Å². The molecule has 0 spiro atoms. The van der Waals surface area contributed by atoms with Gasteiger partial charge in [-0.3, -0.25) is 9.78 Å². The van der Waals surface area contributed by atoms with E-state index in [2.05, 4.69) is 15.3 Å². The van der Waals surface area contributed by atoms with Crippen molar-refractivity contribution in [3.63, 3.8) is 0 Å². The van der Waals surface area contributed by atoms with Crippen molar-refractivity contribution in [2.75, 3.05) is 19.6 Å². The second kappa shape index (κ2) is 7.77. The van der Waals surface area contributed by atoms with Gasteiger partial charge in [0.15, 0.2) is 5.03 Å². The number of carbonyl (C=O) groups excluding carboxylic acids is 1. The van der Waals surface area contributed by atoms with Crippen molar-refractivity contribution >= 4 is 15.9 Å². The molecule has 0 radical (unpaired) electrons. The average molecular weight is 391 g/mol. The first kappa shape index (κ1) is 19.5. The summed E-state index contributed by atoms with van der Waals surface area (Å²) in [5.74, 6) is 0.0573. The summed E-state index contributed by atoms with van der Waals surface area (Å²) < 4.78 is 28.6. The van der Waals surface area contributed by atoms with Crippen molar-refractivity contribution in [3.05, 3.63) is 42.1 Å². The fraction of sp³-hybridized carbons (Fsp3) is 0.500. The van der Waals surface area contributed by atoms with Crippen LogP contribution in [0.2, 0.25) is 0 Å². The largest absolute Gasteiger partial charge is 0.352 e. The molecule has 9 heteroatoms. The van der Waals surface area contributed by atoms with Gasteiger partial charge < -0.3 is 9.88 Å². The molecule has 1 atom stereocenters. The molecule has 1 aliphatic rings. The molecule has 1 aliphatic heterocycles. The number of aryl methyl sites for hydroxylation is 1. The van der Waals surface area contributed by atoms with Gasteiger partial charge in [0.2, 0.25) is 0 Å². The van der Waals surface area contributed by atoms with E-state index in [1.807, 2.05) is 13.8 Å². The first-order chi connectivity index (χ1) is 12.8. The predicted octanol–water partition coefficient (Wildman–Crippen LogP) is 1.38. The van der Waals surface area contributed by atoms with Crippen LogP contribution in [-0.2, 0) is 17.1 Å². The molecule has 2 aromatic rings. The molecule has 3 heterocycles. The van der Waals surface area contributed by atoms with Gasteiger partial charge in [-0.15, -0.1) is 0 Å². The zero-order chi connectivity index (χ0) is 19.6. The minimum Gasteiger partial charge on any atom is -0.352 e. The van der Waals surface area contributed by atoms with Crippen molar-refractivity contribution in [2.24, 2.45) is 13.0 Å². The molecule has 1 fully saturated rings. The smallest absolute Gasteiger partial charge is 0.262 e. The summed E-state index contributed by atoms with van der Waals surface area (Å²) in [5, 5.41) is 2.95. The zero-order valence-corrected chi connectivity index (χ0v) is 16.6. The van der Waals surface area contributed by atoms with Gasteiger partial charge in [-0.25, -0.2) is 13.4 Å². The number of carbonyl (C=O) groups is 1. The van der Waals surface area contributed by atoms with E-state index in [1.165, 1.54) is 16.8 Å². The number of aromatic nitrogens is 3. The van der Waals surface area contributed by atoms with Crippen LogP contribution in [0.15, 0.2) is 35.9 Å². The van der Waals surface area contributed by atoms with Gasteiger partial charge in [0.1, 0.15) is 0 Å². The molecule has 0 bridgehead atoms. The van der Waals surface area contributed by atoms with Crippen LogP contribution in [-0.4, -0.2) is 52.8 Å². The quantitative estimate of drug-likeness (QED) is 0.802. The van der Waals surface area contributed by atoms with E-state index in [9.17, 15) is 13.2 Å². The molecular formula is C18H25N5O3S. The number of sulfonamides is 1. The second-order valence-corrected chi connectivity index (χ2v) is 9.15. The number of amides is 1. The van der Waals surface area contributed by atoms with Crippen LogP contribution < -0.4 is 5.32 Å². The molecule has 2 aromatic heterocycles. The summed E-state index contributed by atoms with van der Waals surface area (Å²) in [6.07, 6.45) is 5.22.